The van der Waals surface area contributed by atoms with Gasteiger partial charge >= 0.3 is 5.69 Å². The van der Waals surface area contributed by atoms with Gasteiger partial charge in [-0.2, -0.15) is 0 Å². The normalized spacial score (nSPS) is 10.5. The van der Waals surface area contributed by atoms with E-state index in [1.54, 1.807) is 6.07 Å². The van der Waals surface area contributed by atoms with Crippen molar-refractivity contribution in [1.82, 2.24) is 9.97 Å². The van der Waals surface area contributed by atoms with E-state index in [1.165, 1.54) is 6.20 Å². The van der Waals surface area contributed by atoms with Gasteiger partial charge in [-0.3, -0.25) is 0 Å². The third-order valence-electron chi connectivity index (χ3n) is 2.19. The molecule has 0 bridgehead atoms. The van der Waals surface area contributed by atoms with Crippen LogP contribution in [0.1, 0.15) is 13.8 Å². The Morgan fingerprint density at radius 1 is 1.29 bits per heavy atom. The van der Waals surface area contributed by atoms with Crippen LogP contribution in [0.2, 0.25) is 0 Å². The maximum absolute atomic E-state index is 11.1. The zero-order chi connectivity index (χ0) is 12.3. The van der Waals surface area contributed by atoms with Crippen LogP contribution in [-0.2, 0) is 0 Å². The van der Waals surface area contributed by atoms with E-state index in [9.17, 15) is 4.79 Å². The monoisotopic (exact) mass is 230 g/mol. The van der Waals surface area contributed by atoms with Gasteiger partial charge in [0.1, 0.15) is 5.75 Å². The minimum Gasteiger partial charge on any atom is -0.491 e. The number of rotatable bonds is 3. The lowest BCUT2D eigenvalue weighted by Crippen LogP contribution is -2.09. The first kappa shape index (κ1) is 11.4. The van der Waals surface area contributed by atoms with E-state index in [4.69, 9.17) is 4.74 Å². The fourth-order valence-corrected chi connectivity index (χ4v) is 1.55. The van der Waals surface area contributed by atoms with Crippen LogP contribution in [-0.4, -0.2) is 16.1 Å². The van der Waals surface area contributed by atoms with E-state index in [2.05, 4.69) is 9.97 Å². The number of benzene rings is 1. The topological polar surface area (TPSA) is 55.0 Å². The first-order valence-electron chi connectivity index (χ1n) is 5.47. The van der Waals surface area contributed by atoms with Crippen molar-refractivity contribution in [3.8, 4) is 17.0 Å². The quantitative estimate of drug-likeness (QED) is 0.879. The van der Waals surface area contributed by atoms with Gasteiger partial charge in [-0.25, -0.2) is 9.78 Å². The highest BCUT2D eigenvalue weighted by Gasteiger charge is 2.02. The Labute approximate surface area is 99.3 Å². The first-order valence-corrected chi connectivity index (χ1v) is 5.47. The maximum Gasteiger partial charge on any atom is 0.345 e. The Bertz CT molecular complexity index is 561. The molecule has 17 heavy (non-hydrogen) atoms. The second-order valence-corrected chi connectivity index (χ2v) is 3.98. The molecule has 0 spiro atoms. The average Bonchev–Trinajstić information content (AvgIpc) is 2.28. The Morgan fingerprint density at radius 3 is 2.82 bits per heavy atom. The van der Waals surface area contributed by atoms with Gasteiger partial charge < -0.3 is 9.72 Å². The molecule has 0 saturated carbocycles. The summed E-state index contributed by atoms with van der Waals surface area (Å²) in [6.45, 7) is 3.95. The van der Waals surface area contributed by atoms with Gasteiger partial charge in [-0.15, -0.1) is 0 Å². The zero-order valence-electron chi connectivity index (χ0n) is 9.81. The summed E-state index contributed by atoms with van der Waals surface area (Å²) in [7, 11) is 0. The van der Waals surface area contributed by atoms with E-state index in [-0.39, 0.29) is 11.8 Å². The SMILES string of the molecule is CC(C)Oc1cccc(-c2ccnc(=O)[nH]2)c1. The molecule has 0 aliphatic carbocycles. The lowest BCUT2D eigenvalue weighted by molar-refractivity contribution is 0.242. The molecule has 0 aliphatic heterocycles. The predicted molar refractivity (Wildman–Crippen MR) is 66.1 cm³/mol. The van der Waals surface area contributed by atoms with Crippen LogP contribution < -0.4 is 10.4 Å². The highest BCUT2D eigenvalue weighted by atomic mass is 16.5. The van der Waals surface area contributed by atoms with E-state index in [1.807, 2.05) is 38.1 Å². The minimum atomic E-state index is -0.349. The Balaban J connectivity index is 2.36. The molecule has 0 atom stereocenters. The molecular weight excluding hydrogens is 216 g/mol. The zero-order valence-corrected chi connectivity index (χ0v) is 9.81. The number of H-pyrrole nitrogens is 1. The van der Waals surface area contributed by atoms with Crippen LogP contribution in [0.25, 0.3) is 11.3 Å². The molecule has 88 valence electrons. The standard InChI is InChI=1S/C13H14N2O2/c1-9(2)17-11-5-3-4-10(8-11)12-6-7-14-13(16)15-12/h3-9H,1-2H3,(H,14,15,16). The second kappa shape index (κ2) is 4.82. The van der Waals surface area contributed by atoms with Gasteiger partial charge in [0, 0.05) is 11.8 Å². The largest absolute Gasteiger partial charge is 0.491 e. The molecule has 0 amide bonds. The maximum atomic E-state index is 11.1. The molecular formula is C13H14N2O2. The predicted octanol–water partition coefficient (Wildman–Crippen LogP) is 2.22. The lowest BCUT2D eigenvalue weighted by atomic mass is 10.1. The highest BCUT2D eigenvalue weighted by Crippen LogP contribution is 2.21. The number of nitrogens with one attached hydrogen (secondary N) is 1. The molecule has 0 fully saturated rings. The molecule has 0 radical (unpaired) electrons. The van der Waals surface area contributed by atoms with E-state index >= 15 is 0 Å². The van der Waals surface area contributed by atoms with Crippen molar-refractivity contribution in [3.05, 3.63) is 47.0 Å². The van der Waals surface area contributed by atoms with Crippen LogP contribution in [0.15, 0.2) is 41.3 Å². The van der Waals surface area contributed by atoms with Crippen LogP contribution in [0.5, 0.6) is 5.75 Å². The van der Waals surface area contributed by atoms with Crippen molar-refractivity contribution in [2.75, 3.05) is 0 Å². The van der Waals surface area contributed by atoms with Gasteiger partial charge in [0.05, 0.1) is 11.8 Å². The lowest BCUT2D eigenvalue weighted by Gasteiger charge is -2.10. The summed E-state index contributed by atoms with van der Waals surface area (Å²) >= 11 is 0. The van der Waals surface area contributed by atoms with Crippen molar-refractivity contribution in [2.45, 2.75) is 20.0 Å². The van der Waals surface area contributed by atoms with E-state index in [0.29, 0.717) is 0 Å². The van der Waals surface area contributed by atoms with Crippen LogP contribution in [0.4, 0.5) is 0 Å². The average molecular weight is 230 g/mol. The van der Waals surface area contributed by atoms with Crippen LogP contribution >= 0.6 is 0 Å². The van der Waals surface area contributed by atoms with Crippen LogP contribution in [0, 0.1) is 0 Å². The fourth-order valence-electron chi connectivity index (χ4n) is 1.55. The van der Waals surface area contributed by atoms with Gasteiger partial charge in [0.2, 0.25) is 0 Å². The minimum absolute atomic E-state index is 0.127. The molecule has 1 aromatic carbocycles. The van der Waals surface area contributed by atoms with Gasteiger partial charge in [-0.1, -0.05) is 12.1 Å². The third-order valence-corrected chi connectivity index (χ3v) is 2.19. The number of aromatic nitrogens is 2. The number of aromatic amines is 1. The number of nitrogens with zero attached hydrogens (tertiary/aromatic N) is 1. The Hall–Kier alpha value is -2.10. The summed E-state index contributed by atoms with van der Waals surface area (Å²) in [5.74, 6) is 0.787. The molecule has 0 unspecified atom stereocenters. The first-order chi connectivity index (χ1) is 8.15. The van der Waals surface area contributed by atoms with Crippen molar-refractivity contribution < 1.29 is 4.74 Å². The van der Waals surface area contributed by atoms with Crippen molar-refractivity contribution in [2.24, 2.45) is 0 Å². The number of ether oxygens (including phenoxy) is 1. The van der Waals surface area contributed by atoms with E-state index in [0.717, 1.165) is 17.0 Å². The Morgan fingerprint density at radius 2 is 2.12 bits per heavy atom. The molecule has 1 N–H and O–H groups in total. The number of hydrogen-bond donors (Lipinski definition) is 1. The van der Waals surface area contributed by atoms with Crippen molar-refractivity contribution in [3.63, 3.8) is 0 Å². The summed E-state index contributed by atoms with van der Waals surface area (Å²) < 4.78 is 5.60. The summed E-state index contributed by atoms with van der Waals surface area (Å²) in [5.41, 5.74) is 1.29. The molecule has 0 aliphatic rings. The molecule has 4 nitrogen and oxygen atoms in total. The molecule has 4 heteroatoms. The fraction of sp³-hybridized carbons (Fsp3) is 0.231. The summed E-state index contributed by atoms with van der Waals surface area (Å²) in [6.07, 6.45) is 1.62. The van der Waals surface area contributed by atoms with Gasteiger partial charge in [0.15, 0.2) is 0 Å². The molecule has 2 rings (SSSR count). The Kier molecular flexibility index (Phi) is 3.23. The molecule has 2 aromatic rings. The van der Waals surface area contributed by atoms with Crippen molar-refractivity contribution >= 4 is 0 Å². The molecule has 0 saturated heterocycles. The second-order valence-electron chi connectivity index (χ2n) is 3.98. The van der Waals surface area contributed by atoms with Gasteiger partial charge in [0.25, 0.3) is 0 Å². The number of hydrogen-bond acceptors (Lipinski definition) is 3. The third kappa shape index (κ3) is 2.93. The van der Waals surface area contributed by atoms with E-state index < -0.39 is 0 Å². The van der Waals surface area contributed by atoms with Gasteiger partial charge in [-0.05, 0) is 32.0 Å². The van der Waals surface area contributed by atoms with Crippen molar-refractivity contribution in [1.29, 1.82) is 0 Å². The summed E-state index contributed by atoms with van der Waals surface area (Å²) in [4.78, 5) is 17.4. The highest BCUT2D eigenvalue weighted by molar-refractivity contribution is 5.60. The summed E-state index contributed by atoms with van der Waals surface area (Å²) in [5, 5.41) is 0. The smallest absolute Gasteiger partial charge is 0.345 e. The molecule has 1 aromatic heterocycles. The summed E-state index contributed by atoms with van der Waals surface area (Å²) in [6, 6.07) is 9.36. The molecule has 1 heterocycles. The van der Waals surface area contributed by atoms with Crippen LogP contribution in [0.3, 0.4) is 0 Å².